The van der Waals surface area contributed by atoms with Gasteiger partial charge in [0.1, 0.15) is 5.82 Å². The van der Waals surface area contributed by atoms with Crippen LogP contribution in [0.25, 0.3) is 0 Å². The molecule has 20 heavy (non-hydrogen) atoms. The van der Waals surface area contributed by atoms with Crippen molar-refractivity contribution in [1.29, 1.82) is 0 Å². The summed E-state index contributed by atoms with van der Waals surface area (Å²) in [5, 5.41) is 20.1. The Hall–Kier alpha value is -1.66. The number of carbonyl (C=O) groups is 1. The molecule has 1 amide bonds. The Kier molecular flexibility index (Phi) is 4.25. The van der Waals surface area contributed by atoms with Crippen LogP contribution in [0, 0.1) is 0 Å². The van der Waals surface area contributed by atoms with E-state index in [1.807, 2.05) is 6.92 Å². The van der Waals surface area contributed by atoms with Crippen LogP contribution < -0.4 is 0 Å². The first-order chi connectivity index (χ1) is 9.48. The summed E-state index contributed by atoms with van der Waals surface area (Å²) in [5.74, 6) is 0.161. The Morgan fingerprint density at radius 2 is 2.30 bits per heavy atom. The van der Waals surface area contributed by atoms with Crippen LogP contribution in [0.1, 0.15) is 25.6 Å². The van der Waals surface area contributed by atoms with Gasteiger partial charge in [-0.2, -0.15) is 0 Å². The van der Waals surface area contributed by atoms with Gasteiger partial charge in [-0.15, -0.1) is 0 Å². The van der Waals surface area contributed by atoms with Gasteiger partial charge in [-0.05, 0) is 6.42 Å². The normalized spacial score (nSPS) is 19.1. The second-order valence-electron chi connectivity index (χ2n) is 5.25. The van der Waals surface area contributed by atoms with Crippen molar-refractivity contribution in [2.45, 2.75) is 31.5 Å². The highest BCUT2D eigenvalue weighted by atomic mass is 16.3. The van der Waals surface area contributed by atoms with Crippen molar-refractivity contribution in [1.82, 2.24) is 14.5 Å². The topological polar surface area (TPSA) is 78.6 Å². The van der Waals surface area contributed by atoms with Crippen molar-refractivity contribution in [2.24, 2.45) is 7.05 Å². The molecule has 2 N–H and O–H groups in total. The van der Waals surface area contributed by atoms with Gasteiger partial charge in [-0.1, -0.05) is 25.5 Å². The molecule has 0 radical (unpaired) electrons. The quantitative estimate of drug-likeness (QED) is 0.753. The highest BCUT2D eigenvalue weighted by Gasteiger charge is 2.48. The number of imidazole rings is 1. The Bertz CT molecular complexity index is 504. The minimum Gasteiger partial charge on any atom is -0.379 e. The van der Waals surface area contributed by atoms with Crippen LogP contribution in [0.2, 0.25) is 0 Å². The van der Waals surface area contributed by atoms with Gasteiger partial charge in [0.2, 0.25) is 0 Å². The third kappa shape index (κ3) is 2.76. The number of rotatable bonds is 5. The van der Waals surface area contributed by atoms with Gasteiger partial charge in [0.05, 0.1) is 13.1 Å². The summed E-state index contributed by atoms with van der Waals surface area (Å²) in [6.07, 6.45) is 7.34. The molecule has 1 aliphatic rings. The van der Waals surface area contributed by atoms with Crippen LogP contribution in [-0.2, 0) is 17.4 Å². The lowest BCUT2D eigenvalue weighted by Crippen LogP contribution is -2.63. The van der Waals surface area contributed by atoms with Gasteiger partial charge in [0, 0.05) is 19.4 Å². The molecule has 6 nitrogen and oxygen atoms in total. The number of β-amino-alcohol motifs (C(OH)–C–C–N with tert-alkyl or cyclic N) is 1. The van der Waals surface area contributed by atoms with Crippen molar-refractivity contribution < 1.29 is 15.0 Å². The first-order valence-electron chi connectivity index (χ1n) is 6.81. The SMILES string of the molecule is CCCC=CC(O)C(=O)N1CC(O)(c2nccn2C)C1. The van der Waals surface area contributed by atoms with Gasteiger partial charge in [0.25, 0.3) is 5.91 Å². The lowest BCUT2D eigenvalue weighted by Gasteiger charge is -2.46. The molecule has 1 aromatic rings. The first-order valence-corrected chi connectivity index (χ1v) is 6.81. The smallest absolute Gasteiger partial charge is 0.255 e. The summed E-state index contributed by atoms with van der Waals surface area (Å²) in [4.78, 5) is 17.5. The van der Waals surface area contributed by atoms with Crippen LogP contribution in [0.5, 0.6) is 0 Å². The average Bonchev–Trinajstić information content (AvgIpc) is 2.81. The Balaban J connectivity index is 1.92. The van der Waals surface area contributed by atoms with Gasteiger partial charge >= 0.3 is 0 Å². The Morgan fingerprint density at radius 3 is 2.85 bits per heavy atom. The van der Waals surface area contributed by atoms with Gasteiger partial charge in [0.15, 0.2) is 11.7 Å². The van der Waals surface area contributed by atoms with Crippen molar-refractivity contribution in [3.63, 3.8) is 0 Å². The number of carbonyl (C=O) groups excluding carboxylic acids is 1. The molecule has 0 bridgehead atoms. The number of allylic oxidation sites excluding steroid dienone is 1. The number of hydrogen-bond acceptors (Lipinski definition) is 4. The number of likely N-dealkylation sites (tertiary alicyclic amines) is 1. The molecular formula is C14H21N3O3. The number of aryl methyl sites for hydroxylation is 1. The Morgan fingerprint density at radius 1 is 1.60 bits per heavy atom. The summed E-state index contributed by atoms with van der Waals surface area (Å²) >= 11 is 0. The maximum atomic E-state index is 11.9. The number of unbranched alkanes of at least 4 members (excludes halogenated alkanes) is 1. The van der Waals surface area contributed by atoms with Crippen molar-refractivity contribution in [3.8, 4) is 0 Å². The molecule has 1 atom stereocenters. The largest absolute Gasteiger partial charge is 0.379 e. The van der Waals surface area contributed by atoms with Gasteiger partial charge < -0.3 is 19.7 Å². The molecule has 2 rings (SSSR count). The summed E-state index contributed by atoms with van der Waals surface area (Å²) in [6.45, 7) is 2.35. The molecule has 0 saturated carbocycles. The standard InChI is InChI=1S/C14H21N3O3/c1-3-4-5-6-11(18)12(19)17-9-14(20,10-17)13-15-7-8-16(13)2/h5-8,11,18,20H,3-4,9-10H2,1-2H3. The lowest BCUT2D eigenvalue weighted by atomic mass is 9.92. The molecule has 1 aromatic heterocycles. The lowest BCUT2D eigenvalue weighted by molar-refractivity contribution is -0.165. The maximum absolute atomic E-state index is 11.9. The zero-order chi connectivity index (χ0) is 14.8. The molecular weight excluding hydrogens is 258 g/mol. The van der Waals surface area contributed by atoms with E-state index in [4.69, 9.17) is 0 Å². The van der Waals surface area contributed by atoms with E-state index in [-0.39, 0.29) is 19.0 Å². The fourth-order valence-electron chi connectivity index (χ4n) is 2.36. The van der Waals surface area contributed by atoms with E-state index in [0.29, 0.717) is 5.82 Å². The predicted molar refractivity (Wildman–Crippen MR) is 73.7 cm³/mol. The summed E-state index contributed by atoms with van der Waals surface area (Å²) in [7, 11) is 1.80. The van der Waals surface area contributed by atoms with Crippen LogP contribution in [0.15, 0.2) is 24.5 Å². The fraction of sp³-hybridized carbons (Fsp3) is 0.571. The second-order valence-corrected chi connectivity index (χ2v) is 5.25. The van der Waals surface area contributed by atoms with E-state index < -0.39 is 11.7 Å². The monoisotopic (exact) mass is 279 g/mol. The summed E-state index contributed by atoms with van der Waals surface area (Å²) in [5.41, 5.74) is -1.11. The van der Waals surface area contributed by atoms with E-state index in [2.05, 4.69) is 4.98 Å². The number of nitrogens with zero attached hydrogens (tertiary/aromatic N) is 3. The van der Waals surface area contributed by atoms with Crippen molar-refractivity contribution in [3.05, 3.63) is 30.4 Å². The number of aliphatic hydroxyl groups is 2. The molecule has 2 heterocycles. The van der Waals surface area contributed by atoms with E-state index in [1.165, 1.54) is 11.0 Å². The highest BCUT2D eigenvalue weighted by molar-refractivity contribution is 5.83. The van der Waals surface area contributed by atoms with Gasteiger partial charge in [-0.3, -0.25) is 4.79 Å². The van der Waals surface area contributed by atoms with Crippen molar-refractivity contribution >= 4 is 5.91 Å². The zero-order valence-electron chi connectivity index (χ0n) is 11.9. The van der Waals surface area contributed by atoms with E-state index in [1.54, 1.807) is 30.1 Å². The number of aromatic nitrogens is 2. The summed E-state index contributed by atoms with van der Waals surface area (Å²) in [6, 6.07) is 0. The zero-order valence-corrected chi connectivity index (χ0v) is 11.9. The van der Waals surface area contributed by atoms with Gasteiger partial charge in [-0.25, -0.2) is 4.98 Å². The minimum absolute atomic E-state index is 0.162. The molecule has 1 aliphatic heterocycles. The van der Waals surface area contributed by atoms with Crippen LogP contribution in [0.3, 0.4) is 0 Å². The molecule has 0 aliphatic carbocycles. The van der Waals surface area contributed by atoms with Crippen LogP contribution >= 0.6 is 0 Å². The Labute approximate surface area is 118 Å². The van der Waals surface area contributed by atoms with Crippen LogP contribution in [-0.4, -0.2) is 49.8 Å². The maximum Gasteiger partial charge on any atom is 0.255 e. The number of hydrogen-bond donors (Lipinski definition) is 2. The predicted octanol–water partition coefficient (Wildman–Crippen LogP) is 0.167. The van der Waals surface area contributed by atoms with E-state index in [0.717, 1.165) is 12.8 Å². The van der Waals surface area contributed by atoms with E-state index >= 15 is 0 Å². The number of amides is 1. The second kappa shape index (κ2) is 5.76. The fourth-order valence-corrected chi connectivity index (χ4v) is 2.36. The molecule has 1 saturated heterocycles. The molecule has 1 unspecified atom stereocenters. The number of aliphatic hydroxyl groups excluding tert-OH is 1. The van der Waals surface area contributed by atoms with Crippen LogP contribution in [0.4, 0.5) is 0 Å². The molecule has 0 spiro atoms. The molecule has 0 aromatic carbocycles. The molecule has 110 valence electrons. The minimum atomic E-state index is -1.13. The first kappa shape index (κ1) is 14.7. The van der Waals surface area contributed by atoms with E-state index in [9.17, 15) is 15.0 Å². The van der Waals surface area contributed by atoms with Crippen molar-refractivity contribution in [2.75, 3.05) is 13.1 Å². The summed E-state index contributed by atoms with van der Waals surface area (Å²) < 4.78 is 1.74. The highest BCUT2D eigenvalue weighted by Crippen LogP contribution is 2.30. The molecule has 1 fully saturated rings. The average molecular weight is 279 g/mol. The third-order valence-corrected chi connectivity index (χ3v) is 3.48. The molecule has 6 heteroatoms. The third-order valence-electron chi connectivity index (χ3n) is 3.48.